The minimum atomic E-state index is -0.936. The summed E-state index contributed by atoms with van der Waals surface area (Å²) in [6, 6.07) is 0. The minimum Gasteiger partial charge on any atom is -0.393 e. The molecule has 0 saturated carbocycles. The Balaban J connectivity index is 3.94. The largest absolute Gasteiger partial charge is 0.393 e. The van der Waals surface area contributed by atoms with Gasteiger partial charge >= 0.3 is 23.9 Å². The molecule has 0 atom stereocenters. The zero-order valence-corrected chi connectivity index (χ0v) is 12.9. The number of hydrogen-bond acceptors (Lipinski definition) is 8. The van der Waals surface area contributed by atoms with Crippen LogP contribution in [0, 0.1) is 0 Å². The van der Waals surface area contributed by atoms with E-state index < -0.39 is 36.7 Å². The van der Waals surface area contributed by atoms with E-state index >= 15 is 0 Å². The van der Waals surface area contributed by atoms with Gasteiger partial charge in [0.25, 0.3) is 0 Å². The molecule has 0 bridgehead atoms. The lowest BCUT2D eigenvalue weighted by molar-refractivity contribution is -0.165. The van der Waals surface area contributed by atoms with Crippen LogP contribution >= 0.6 is 0 Å². The van der Waals surface area contributed by atoms with Gasteiger partial charge in [-0.3, -0.25) is 29.2 Å². The highest BCUT2D eigenvalue weighted by atomic mass is 16.6. The Morgan fingerprint density at radius 2 is 0.875 bits per heavy atom. The molecule has 0 amide bonds. The van der Waals surface area contributed by atoms with E-state index in [1.54, 1.807) is 0 Å². The van der Waals surface area contributed by atoms with Gasteiger partial charge < -0.3 is 32.4 Å². The van der Waals surface area contributed by atoms with Crippen molar-refractivity contribution in [1.29, 1.82) is 0 Å². The molecule has 12 heteroatoms. The predicted octanol–water partition coefficient (Wildman–Crippen LogP) is -2.77. The van der Waals surface area contributed by atoms with Crippen LogP contribution in [-0.2, 0) is 28.7 Å². The predicted molar refractivity (Wildman–Crippen MR) is 82.0 cm³/mol. The summed E-state index contributed by atoms with van der Waals surface area (Å²) in [7, 11) is 0. The molecular formula is C12H20N6O6. The molecule has 0 aromatic carbocycles. The molecule has 134 valence electrons. The molecule has 0 aliphatic carbocycles. The van der Waals surface area contributed by atoms with E-state index in [-0.39, 0.29) is 37.9 Å². The fraction of sp³-hybridized carbons (Fsp3) is 0.500. The number of hydrogen-bond donors (Lipinski definition) is 4. The molecule has 0 heterocycles. The number of ether oxygens (including phenoxy) is 2. The first kappa shape index (κ1) is 20.8. The topological polar surface area (TPSA) is 216 Å². The summed E-state index contributed by atoms with van der Waals surface area (Å²) in [6.45, 7) is -0.0540. The van der Waals surface area contributed by atoms with Crippen LogP contribution < -0.4 is 22.9 Å². The van der Waals surface area contributed by atoms with E-state index in [0.717, 1.165) is 0 Å². The lowest BCUT2D eigenvalue weighted by atomic mass is 10.3. The average Bonchev–Trinajstić information content (AvgIpc) is 2.44. The van der Waals surface area contributed by atoms with Crippen LogP contribution in [0.3, 0.4) is 0 Å². The quantitative estimate of drug-likeness (QED) is 0.146. The average molecular weight is 344 g/mol. The van der Waals surface area contributed by atoms with Gasteiger partial charge in [-0.15, -0.1) is 0 Å². The molecule has 0 rings (SSSR count). The number of esters is 4. The summed E-state index contributed by atoms with van der Waals surface area (Å²) in [5.41, 5.74) is 20.2. The first-order valence-electron chi connectivity index (χ1n) is 6.78. The molecule has 0 aromatic heterocycles. The van der Waals surface area contributed by atoms with Crippen molar-refractivity contribution < 1.29 is 28.7 Å². The molecule has 0 aliphatic rings. The molecular weight excluding hydrogens is 324 g/mol. The normalized spacial score (nSPS) is 9.50. The number of rotatable bonds is 9. The maximum absolute atomic E-state index is 11.3. The first-order valence-corrected chi connectivity index (χ1v) is 6.78. The third-order valence-corrected chi connectivity index (χ3v) is 2.21. The van der Waals surface area contributed by atoms with Crippen molar-refractivity contribution >= 4 is 35.8 Å². The van der Waals surface area contributed by atoms with E-state index in [0.29, 0.717) is 0 Å². The van der Waals surface area contributed by atoms with Crippen LogP contribution in [-0.4, -0.2) is 48.9 Å². The van der Waals surface area contributed by atoms with E-state index in [1.165, 1.54) is 0 Å². The van der Waals surface area contributed by atoms with Gasteiger partial charge in [-0.25, -0.2) is 0 Å². The van der Waals surface area contributed by atoms with Crippen LogP contribution in [0.2, 0.25) is 0 Å². The van der Waals surface area contributed by atoms with Gasteiger partial charge in [0.05, 0.1) is 38.8 Å². The Hall–Kier alpha value is -3.18. The van der Waals surface area contributed by atoms with Crippen LogP contribution in [0.15, 0.2) is 9.98 Å². The summed E-state index contributed by atoms with van der Waals surface area (Å²) in [4.78, 5) is 52.2. The van der Waals surface area contributed by atoms with Gasteiger partial charge in [0.1, 0.15) is 0 Å². The maximum atomic E-state index is 11.3. The Kier molecular flexibility index (Phi) is 9.89. The van der Waals surface area contributed by atoms with Gasteiger partial charge in [-0.2, -0.15) is 0 Å². The zero-order chi connectivity index (χ0) is 18.5. The standard InChI is InChI=1S/C12H20N6O6/c13-11(14)17-5-3-9(21)23-7(19)1-2-8(20)24-10(22)4-6-18-12(15)16/h1-6H2,(H4,13,14,17)(H4,15,16,18). The number of aliphatic imine (C=N–C) groups is 2. The number of nitrogens with zero attached hydrogens (tertiary/aromatic N) is 2. The van der Waals surface area contributed by atoms with Crippen molar-refractivity contribution in [1.82, 2.24) is 0 Å². The van der Waals surface area contributed by atoms with Gasteiger partial charge in [0.2, 0.25) is 0 Å². The fourth-order valence-corrected chi connectivity index (χ4v) is 1.21. The molecule has 12 nitrogen and oxygen atoms in total. The third-order valence-electron chi connectivity index (χ3n) is 2.21. The number of carbonyl (C=O) groups excluding carboxylic acids is 4. The van der Waals surface area contributed by atoms with Crippen molar-refractivity contribution in [3.05, 3.63) is 0 Å². The Labute approximate surface area is 137 Å². The van der Waals surface area contributed by atoms with E-state index in [2.05, 4.69) is 19.5 Å². The van der Waals surface area contributed by atoms with E-state index in [9.17, 15) is 19.2 Å². The lowest BCUT2D eigenvalue weighted by Crippen LogP contribution is -2.24. The fourth-order valence-electron chi connectivity index (χ4n) is 1.21. The number of nitrogens with two attached hydrogens (primary N) is 4. The molecule has 0 spiro atoms. The molecule has 0 aromatic rings. The smallest absolute Gasteiger partial charge is 0.315 e. The van der Waals surface area contributed by atoms with Crippen LogP contribution in [0.4, 0.5) is 0 Å². The lowest BCUT2D eigenvalue weighted by Gasteiger charge is -2.03. The van der Waals surface area contributed by atoms with E-state index in [4.69, 9.17) is 22.9 Å². The van der Waals surface area contributed by atoms with Crippen molar-refractivity contribution in [2.24, 2.45) is 32.9 Å². The second-order valence-corrected chi connectivity index (χ2v) is 4.31. The summed E-state index contributed by atoms with van der Waals surface area (Å²) in [5, 5.41) is 0. The Morgan fingerprint density at radius 1 is 0.583 bits per heavy atom. The molecule has 24 heavy (non-hydrogen) atoms. The van der Waals surface area contributed by atoms with Gasteiger partial charge in [-0.05, 0) is 0 Å². The second-order valence-electron chi connectivity index (χ2n) is 4.31. The molecule has 0 unspecified atom stereocenters. The van der Waals surface area contributed by atoms with Gasteiger partial charge in [0, 0.05) is 0 Å². The number of carbonyl (C=O) groups is 4. The first-order chi connectivity index (χ1) is 11.2. The number of guanidine groups is 2. The summed E-state index contributed by atoms with van der Waals surface area (Å²) >= 11 is 0. The highest BCUT2D eigenvalue weighted by Gasteiger charge is 2.15. The monoisotopic (exact) mass is 344 g/mol. The van der Waals surface area contributed by atoms with Gasteiger partial charge in [-0.1, -0.05) is 0 Å². The van der Waals surface area contributed by atoms with Gasteiger partial charge in [0.15, 0.2) is 11.9 Å². The van der Waals surface area contributed by atoms with Crippen molar-refractivity contribution in [2.45, 2.75) is 25.7 Å². The van der Waals surface area contributed by atoms with Crippen LogP contribution in [0.5, 0.6) is 0 Å². The molecule has 0 aliphatic heterocycles. The zero-order valence-electron chi connectivity index (χ0n) is 12.9. The van der Waals surface area contributed by atoms with Crippen LogP contribution in [0.25, 0.3) is 0 Å². The SMILES string of the molecule is NC(N)=NCCC(=O)OC(=O)CCC(=O)OC(=O)CCN=C(N)N. The highest BCUT2D eigenvalue weighted by Crippen LogP contribution is 1.99. The third kappa shape index (κ3) is 12.6. The van der Waals surface area contributed by atoms with Crippen LogP contribution in [0.1, 0.15) is 25.7 Å². The Morgan fingerprint density at radius 3 is 1.17 bits per heavy atom. The summed E-state index contributed by atoms with van der Waals surface area (Å²) < 4.78 is 8.82. The van der Waals surface area contributed by atoms with Crippen molar-refractivity contribution in [2.75, 3.05) is 13.1 Å². The molecule has 0 radical (unpaired) electrons. The molecule has 0 fully saturated rings. The highest BCUT2D eigenvalue weighted by molar-refractivity contribution is 5.90. The molecule has 8 N–H and O–H groups in total. The van der Waals surface area contributed by atoms with Crippen molar-refractivity contribution in [3.8, 4) is 0 Å². The minimum absolute atomic E-state index is 0.0270. The molecule has 0 saturated heterocycles. The Bertz CT molecular complexity index is 488. The van der Waals surface area contributed by atoms with E-state index in [1.807, 2.05) is 0 Å². The summed E-state index contributed by atoms with van der Waals surface area (Å²) in [5.74, 6) is -3.94. The summed E-state index contributed by atoms with van der Waals surface area (Å²) in [6.07, 6.45) is -1.24. The maximum Gasteiger partial charge on any atom is 0.315 e. The van der Waals surface area contributed by atoms with Crippen molar-refractivity contribution in [3.63, 3.8) is 0 Å². The second kappa shape index (κ2) is 11.4.